The molecule has 0 aliphatic rings. The highest BCUT2D eigenvalue weighted by molar-refractivity contribution is 6.31. The Morgan fingerprint density at radius 2 is 2.20 bits per heavy atom. The van der Waals surface area contributed by atoms with E-state index in [-0.39, 0.29) is 12.2 Å². The number of rotatable bonds is 3. The highest BCUT2D eigenvalue weighted by Crippen LogP contribution is 2.21. The number of aliphatic hydroxyl groups excluding tert-OH is 1. The van der Waals surface area contributed by atoms with Crippen molar-refractivity contribution in [3.63, 3.8) is 0 Å². The summed E-state index contributed by atoms with van der Waals surface area (Å²) in [6, 6.07) is 6.01. The molecular weight excluding hydrogens is 280 g/mol. The van der Waals surface area contributed by atoms with Gasteiger partial charge in [-0.2, -0.15) is 5.26 Å². The zero-order valence-electron chi connectivity index (χ0n) is 11.6. The molecule has 0 spiro atoms. The van der Waals surface area contributed by atoms with E-state index < -0.39 is 17.7 Å². The summed E-state index contributed by atoms with van der Waals surface area (Å²) >= 11 is 5.84. The minimum Gasteiger partial charge on any atom is -0.444 e. The Hall–Kier alpha value is -1.77. The fraction of sp³-hybridized carbons (Fsp3) is 0.429. The molecule has 0 aromatic heterocycles. The molecule has 0 radical (unpaired) electrons. The van der Waals surface area contributed by atoms with E-state index in [9.17, 15) is 9.90 Å². The van der Waals surface area contributed by atoms with Crippen LogP contribution in [0.5, 0.6) is 0 Å². The molecule has 0 unspecified atom stereocenters. The van der Waals surface area contributed by atoms with Gasteiger partial charge in [-0.05, 0) is 38.5 Å². The van der Waals surface area contributed by atoms with Crippen LogP contribution < -0.4 is 5.32 Å². The van der Waals surface area contributed by atoms with E-state index in [1.807, 2.05) is 6.07 Å². The number of nitrogens with zero attached hydrogens (tertiary/aromatic N) is 1. The highest BCUT2D eigenvalue weighted by Gasteiger charge is 2.20. The molecule has 1 atom stereocenters. The predicted molar refractivity (Wildman–Crippen MR) is 75.4 cm³/mol. The molecule has 2 N–H and O–H groups in total. The minimum atomic E-state index is -0.658. The topological polar surface area (TPSA) is 82.3 Å². The van der Waals surface area contributed by atoms with Crippen molar-refractivity contribution in [3.05, 3.63) is 34.3 Å². The quantitative estimate of drug-likeness (QED) is 0.898. The monoisotopic (exact) mass is 296 g/mol. The Morgan fingerprint density at radius 3 is 2.70 bits per heavy atom. The van der Waals surface area contributed by atoms with Crippen molar-refractivity contribution in [2.75, 3.05) is 6.61 Å². The summed E-state index contributed by atoms with van der Waals surface area (Å²) < 4.78 is 5.12. The second-order valence-electron chi connectivity index (χ2n) is 5.23. The van der Waals surface area contributed by atoms with Gasteiger partial charge in [-0.25, -0.2) is 4.79 Å². The lowest BCUT2D eigenvalue weighted by molar-refractivity contribution is 0.0482. The first-order valence-corrected chi connectivity index (χ1v) is 6.44. The van der Waals surface area contributed by atoms with Crippen LogP contribution in [0.15, 0.2) is 18.2 Å². The van der Waals surface area contributed by atoms with Crippen molar-refractivity contribution in [2.45, 2.75) is 32.4 Å². The first kappa shape index (κ1) is 16.3. The Bertz CT molecular complexity index is 532. The third-order valence-electron chi connectivity index (χ3n) is 2.39. The van der Waals surface area contributed by atoms with Crippen LogP contribution in [-0.2, 0) is 4.74 Å². The molecule has 1 rings (SSSR count). The lowest BCUT2D eigenvalue weighted by atomic mass is 10.0. The first-order valence-electron chi connectivity index (χ1n) is 6.06. The number of carbonyl (C=O) groups is 1. The zero-order chi connectivity index (χ0) is 15.3. The van der Waals surface area contributed by atoms with Crippen LogP contribution in [0, 0.1) is 11.3 Å². The minimum absolute atomic E-state index is 0.286. The molecule has 5 nitrogen and oxygen atoms in total. The summed E-state index contributed by atoms with van der Waals surface area (Å²) in [6.07, 6.45) is -0.634. The van der Waals surface area contributed by atoms with Crippen molar-refractivity contribution in [1.29, 1.82) is 5.26 Å². The number of ether oxygens (including phenoxy) is 1. The van der Waals surface area contributed by atoms with E-state index in [1.165, 1.54) is 6.07 Å². The summed E-state index contributed by atoms with van der Waals surface area (Å²) in [4.78, 5) is 11.7. The van der Waals surface area contributed by atoms with Gasteiger partial charge >= 0.3 is 6.09 Å². The number of alkyl carbamates (subject to hydrolysis) is 1. The van der Waals surface area contributed by atoms with E-state index in [0.717, 1.165) is 0 Å². The van der Waals surface area contributed by atoms with Crippen LogP contribution in [0.2, 0.25) is 5.02 Å². The lowest BCUT2D eigenvalue weighted by Gasteiger charge is -2.23. The number of benzene rings is 1. The largest absolute Gasteiger partial charge is 0.444 e. The van der Waals surface area contributed by atoms with Crippen molar-refractivity contribution < 1.29 is 14.6 Å². The fourth-order valence-electron chi connectivity index (χ4n) is 1.53. The third kappa shape index (κ3) is 4.72. The molecular formula is C14H17ClN2O3. The zero-order valence-corrected chi connectivity index (χ0v) is 12.4. The van der Waals surface area contributed by atoms with E-state index in [1.54, 1.807) is 32.9 Å². The maximum absolute atomic E-state index is 11.7. The average Bonchev–Trinajstić information content (AvgIpc) is 2.34. The van der Waals surface area contributed by atoms with Gasteiger partial charge < -0.3 is 15.2 Å². The van der Waals surface area contributed by atoms with Crippen LogP contribution in [-0.4, -0.2) is 23.4 Å². The predicted octanol–water partition coefficient (Wildman–Crippen LogP) is 2.77. The Balaban J connectivity index is 2.87. The summed E-state index contributed by atoms with van der Waals surface area (Å²) in [5, 5.41) is 21.2. The molecule has 1 amide bonds. The standard InChI is InChI=1S/C14H17ClN2O3/c1-14(2,3)20-13(19)17-12(8-18)9-4-5-11(15)10(6-9)7-16/h4-6,12,18H,8H2,1-3H3,(H,17,19)/t12-/m1/s1. The maximum Gasteiger partial charge on any atom is 0.408 e. The normalized spacial score (nSPS) is 12.4. The van der Waals surface area contributed by atoms with Gasteiger partial charge in [0.15, 0.2) is 0 Å². The molecule has 0 saturated heterocycles. The van der Waals surface area contributed by atoms with E-state index in [2.05, 4.69) is 5.32 Å². The Kier molecular flexibility index (Phi) is 5.37. The average molecular weight is 297 g/mol. The van der Waals surface area contributed by atoms with Crippen LogP contribution in [0.25, 0.3) is 0 Å². The SMILES string of the molecule is CC(C)(C)OC(=O)N[C@H](CO)c1ccc(Cl)c(C#N)c1. The van der Waals surface area contributed by atoms with E-state index in [0.29, 0.717) is 10.6 Å². The number of hydrogen-bond acceptors (Lipinski definition) is 4. The number of aliphatic hydroxyl groups is 1. The summed E-state index contributed by atoms with van der Waals surface area (Å²) in [5.41, 5.74) is 0.245. The number of amides is 1. The van der Waals surface area contributed by atoms with Crippen LogP contribution >= 0.6 is 11.6 Å². The number of hydrogen-bond donors (Lipinski definition) is 2. The fourth-order valence-corrected chi connectivity index (χ4v) is 1.69. The molecule has 20 heavy (non-hydrogen) atoms. The molecule has 1 aromatic rings. The Morgan fingerprint density at radius 1 is 1.55 bits per heavy atom. The Labute approximate surface area is 123 Å². The van der Waals surface area contributed by atoms with Gasteiger partial charge in [-0.1, -0.05) is 17.7 Å². The highest BCUT2D eigenvalue weighted by atomic mass is 35.5. The number of carbonyl (C=O) groups excluding carboxylic acids is 1. The molecule has 6 heteroatoms. The van der Waals surface area contributed by atoms with Gasteiger partial charge in [0.25, 0.3) is 0 Å². The van der Waals surface area contributed by atoms with E-state index in [4.69, 9.17) is 21.6 Å². The second-order valence-corrected chi connectivity index (χ2v) is 5.64. The van der Waals surface area contributed by atoms with Gasteiger partial charge in [-0.15, -0.1) is 0 Å². The smallest absolute Gasteiger partial charge is 0.408 e. The van der Waals surface area contributed by atoms with Crippen molar-refractivity contribution in [3.8, 4) is 6.07 Å². The number of nitriles is 1. The van der Waals surface area contributed by atoms with Gasteiger partial charge in [0.05, 0.1) is 23.2 Å². The number of halogens is 1. The first-order chi connectivity index (χ1) is 9.26. The van der Waals surface area contributed by atoms with Crippen molar-refractivity contribution in [2.24, 2.45) is 0 Å². The molecule has 1 aromatic carbocycles. The second kappa shape index (κ2) is 6.60. The van der Waals surface area contributed by atoms with Crippen molar-refractivity contribution in [1.82, 2.24) is 5.32 Å². The molecule has 0 saturated carbocycles. The third-order valence-corrected chi connectivity index (χ3v) is 2.72. The van der Waals surface area contributed by atoms with Gasteiger partial charge in [-0.3, -0.25) is 0 Å². The molecule has 0 fully saturated rings. The number of nitrogens with one attached hydrogen (secondary N) is 1. The molecule has 108 valence electrons. The van der Waals surface area contributed by atoms with Crippen LogP contribution in [0.3, 0.4) is 0 Å². The molecule has 0 aliphatic heterocycles. The van der Waals surface area contributed by atoms with E-state index >= 15 is 0 Å². The summed E-state index contributed by atoms with van der Waals surface area (Å²) in [5.74, 6) is 0. The molecule has 0 heterocycles. The molecule has 0 bridgehead atoms. The lowest BCUT2D eigenvalue weighted by Crippen LogP contribution is -2.36. The van der Waals surface area contributed by atoms with Crippen LogP contribution in [0.4, 0.5) is 4.79 Å². The van der Waals surface area contributed by atoms with Gasteiger partial charge in [0, 0.05) is 0 Å². The molecule has 0 aliphatic carbocycles. The maximum atomic E-state index is 11.7. The van der Waals surface area contributed by atoms with Crippen molar-refractivity contribution >= 4 is 17.7 Å². The van der Waals surface area contributed by atoms with Crippen LogP contribution in [0.1, 0.15) is 37.9 Å². The van der Waals surface area contributed by atoms with Gasteiger partial charge in [0.1, 0.15) is 11.7 Å². The summed E-state index contributed by atoms with van der Waals surface area (Å²) in [6.45, 7) is 4.93. The summed E-state index contributed by atoms with van der Waals surface area (Å²) in [7, 11) is 0. The van der Waals surface area contributed by atoms with Gasteiger partial charge in [0.2, 0.25) is 0 Å².